The van der Waals surface area contributed by atoms with Crippen molar-refractivity contribution in [2.24, 2.45) is 0 Å². The van der Waals surface area contributed by atoms with Gasteiger partial charge in [0.1, 0.15) is 0 Å². The molecule has 8 heteroatoms. The third kappa shape index (κ3) is 4.81. The summed E-state index contributed by atoms with van der Waals surface area (Å²) in [6.45, 7) is 8.11. The van der Waals surface area contributed by atoms with Gasteiger partial charge in [-0.1, -0.05) is 17.8 Å². The fourth-order valence-electron chi connectivity index (χ4n) is 2.82. The Morgan fingerprint density at radius 1 is 1.22 bits per heavy atom. The molecule has 3 rings (SSSR count). The van der Waals surface area contributed by atoms with Crippen LogP contribution in [0, 0.1) is 13.8 Å². The SMILES string of the molecule is Cc1cc(C)cc(NC(=O)CSc2nnc(-c3ccc(Br)o3)n2C(C)C)c1. The quantitative estimate of drug-likeness (QED) is 0.522. The molecule has 0 spiro atoms. The molecule has 6 nitrogen and oxygen atoms in total. The first-order valence-electron chi connectivity index (χ1n) is 8.55. The molecule has 2 aromatic heterocycles. The van der Waals surface area contributed by atoms with Crippen molar-refractivity contribution in [1.82, 2.24) is 14.8 Å². The van der Waals surface area contributed by atoms with Gasteiger partial charge in [-0.05, 0) is 79.0 Å². The zero-order valence-electron chi connectivity index (χ0n) is 15.6. The van der Waals surface area contributed by atoms with Gasteiger partial charge in [0.25, 0.3) is 0 Å². The van der Waals surface area contributed by atoms with Crippen LogP contribution in [0.1, 0.15) is 31.0 Å². The largest absolute Gasteiger partial charge is 0.446 e. The molecule has 3 aromatic rings. The first kappa shape index (κ1) is 19.7. The number of thioether (sulfide) groups is 1. The van der Waals surface area contributed by atoms with Crippen molar-refractivity contribution in [3.8, 4) is 11.6 Å². The van der Waals surface area contributed by atoms with Crippen LogP contribution in [0.15, 0.2) is 44.6 Å². The molecule has 1 N–H and O–H groups in total. The molecule has 1 aromatic carbocycles. The molecule has 142 valence electrons. The maximum absolute atomic E-state index is 12.4. The molecule has 1 amide bonds. The Morgan fingerprint density at radius 3 is 2.52 bits per heavy atom. The second-order valence-corrected chi connectivity index (χ2v) is 8.31. The Bertz CT molecular complexity index is 944. The Hall–Kier alpha value is -2.06. The van der Waals surface area contributed by atoms with Gasteiger partial charge in [-0.15, -0.1) is 10.2 Å². The third-order valence-electron chi connectivity index (χ3n) is 3.81. The fraction of sp³-hybridized carbons (Fsp3) is 0.316. The maximum atomic E-state index is 12.4. The van der Waals surface area contributed by atoms with Crippen molar-refractivity contribution < 1.29 is 9.21 Å². The number of anilines is 1. The van der Waals surface area contributed by atoms with Crippen LogP contribution < -0.4 is 5.32 Å². The van der Waals surface area contributed by atoms with Gasteiger partial charge in [0, 0.05) is 11.7 Å². The highest BCUT2D eigenvalue weighted by Gasteiger charge is 2.20. The van der Waals surface area contributed by atoms with Crippen molar-refractivity contribution >= 4 is 39.3 Å². The number of furan rings is 1. The van der Waals surface area contributed by atoms with E-state index in [0.717, 1.165) is 16.8 Å². The summed E-state index contributed by atoms with van der Waals surface area (Å²) in [4.78, 5) is 12.4. The number of hydrogen-bond acceptors (Lipinski definition) is 5. The Morgan fingerprint density at radius 2 is 1.93 bits per heavy atom. The van der Waals surface area contributed by atoms with Gasteiger partial charge in [0.15, 0.2) is 15.6 Å². The first-order valence-corrected chi connectivity index (χ1v) is 10.3. The van der Waals surface area contributed by atoms with Crippen molar-refractivity contribution in [2.75, 3.05) is 11.1 Å². The van der Waals surface area contributed by atoms with Crippen LogP contribution in [0.4, 0.5) is 5.69 Å². The van der Waals surface area contributed by atoms with Gasteiger partial charge in [-0.3, -0.25) is 9.36 Å². The molecule has 0 saturated carbocycles. The number of halogens is 1. The van der Waals surface area contributed by atoms with Crippen LogP contribution >= 0.6 is 27.7 Å². The maximum Gasteiger partial charge on any atom is 0.234 e. The second-order valence-electron chi connectivity index (χ2n) is 6.59. The lowest BCUT2D eigenvalue weighted by atomic mass is 10.1. The molecule has 0 aliphatic carbocycles. The van der Waals surface area contributed by atoms with Crippen molar-refractivity contribution in [3.63, 3.8) is 0 Å². The lowest BCUT2D eigenvalue weighted by Gasteiger charge is -2.12. The highest BCUT2D eigenvalue weighted by molar-refractivity contribution is 9.10. The third-order valence-corrected chi connectivity index (χ3v) is 5.18. The molecular formula is C19H21BrN4O2S. The van der Waals surface area contributed by atoms with E-state index < -0.39 is 0 Å². The van der Waals surface area contributed by atoms with E-state index in [1.807, 2.05) is 56.5 Å². The van der Waals surface area contributed by atoms with E-state index in [4.69, 9.17) is 4.42 Å². The summed E-state index contributed by atoms with van der Waals surface area (Å²) < 4.78 is 8.21. The van der Waals surface area contributed by atoms with Gasteiger partial charge in [-0.2, -0.15) is 0 Å². The van der Waals surface area contributed by atoms with Crippen LogP contribution in [-0.4, -0.2) is 26.4 Å². The van der Waals surface area contributed by atoms with E-state index in [0.29, 0.717) is 21.4 Å². The summed E-state index contributed by atoms with van der Waals surface area (Å²) in [5, 5.41) is 12.1. The molecule has 0 bridgehead atoms. The van der Waals surface area contributed by atoms with Gasteiger partial charge in [0.05, 0.1) is 5.75 Å². The van der Waals surface area contributed by atoms with E-state index in [2.05, 4.69) is 37.5 Å². The van der Waals surface area contributed by atoms with Crippen LogP contribution in [0.25, 0.3) is 11.6 Å². The van der Waals surface area contributed by atoms with Gasteiger partial charge in [0.2, 0.25) is 11.7 Å². The number of amides is 1. The Balaban J connectivity index is 1.72. The number of nitrogens with zero attached hydrogens (tertiary/aromatic N) is 3. The van der Waals surface area contributed by atoms with Gasteiger partial charge < -0.3 is 9.73 Å². The number of benzene rings is 1. The average molecular weight is 449 g/mol. The molecule has 0 radical (unpaired) electrons. The number of carbonyl (C=O) groups excluding carboxylic acids is 1. The number of aryl methyl sites for hydroxylation is 2. The summed E-state index contributed by atoms with van der Waals surface area (Å²) in [7, 11) is 0. The van der Waals surface area contributed by atoms with Crippen molar-refractivity contribution in [2.45, 2.75) is 38.9 Å². The smallest absolute Gasteiger partial charge is 0.234 e. The topological polar surface area (TPSA) is 73.0 Å². The lowest BCUT2D eigenvalue weighted by molar-refractivity contribution is -0.113. The van der Waals surface area contributed by atoms with Crippen molar-refractivity contribution in [1.29, 1.82) is 0 Å². The molecule has 0 atom stereocenters. The zero-order chi connectivity index (χ0) is 19.6. The molecule has 0 unspecified atom stereocenters. The van der Waals surface area contributed by atoms with E-state index in [9.17, 15) is 4.79 Å². The lowest BCUT2D eigenvalue weighted by Crippen LogP contribution is -2.15. The normalized spacial score (nSPS) is 11.2. The summed E-state index contributed by atoms with van der Waals surface area (Å²) in [5.41, 5.74) is 3.04. The standard InChI is InChI=1S/C19H21BrN4O2S/c1-11(2)24-18(15-5-6-16(20)26-15)22-23-19(24)27-10-17(25)21-14-8-12(3)7-13(4)9-14/h5-9,11H,10H2,1-4H3,(H,21,25). The van der Waals surface area contributed by atoms with Crippen LogP contribution in [0.5, 0.6) is 0 Å². The van der Waals surface area contributed by atoms with Crippen LogP contribution in [-0.2, 0) is 4.79 Å². The molecular weight excluding hydrogens is 428 g/mol. The number of rotatable bonds is 6. The molecule has 0 aliphatic rings. The number of aromatic nitrogens is 3. The fourth-order valence-corrected chi connectivity index (χ4v) is 3.99. The summed E-state index contributed by atoms with van der Waals surface area (Å²) in [6, 6.07) is 9.78. The predicted octanol–water partition coefficient (Wildman–Crippen LogP) is 5.23. The number of carbonyl (C=O) groups is 1. The molecule has 0 saturated heterocycles. The Labute approximate surface area is 170 Å². The minimum absolute atomic E-state index is 0.0781. The van der Waals surface area contributed by atoms with E-state index in [-0.39, 0.29) is 17.7 Å². The minimum atomic E-state index is -0.0781. The van der Waals surface area contributed by atoms with E-state index in [1.54, 1.807) is 0 Å². The summed E-state index contributed by atoms with van der Waals surface area (Å²) in [6.07, 6.45) is 0. The molecule has 0 fully saturated rings. The predicted molar refractivity (Wildman–Crippen MR) is 111 cm³/mol. The van der Waals surface area contributed by atoms with Crippen LogP contribution in [0.3, 0.4) is 0 Å². The zero-order valence-corrected chi connectivity index (χ0v) is 18.0. The number of hydrogen-bond donors (Lipinski definition) is 1. The highest BCUT2D eigenvalue weighted by atomic mass is 79.9. The minimum Gasteiger partial charge on any atom is -0.446 e. The molecule has 0 aliphatic heterocycles. The average Bonchev–Trinajstić information content (AvgIpc) is 3.17. The summed E-state index contributed by atoms with van der Waals surface area (Å²) >= 11 is 4.66. The monoisotopic (exact) mass is 448 g/mol. The van der Waals surface area contributed by atoms with Gasteiger partial charge >= 0.3 is 0 Å². The van der Waals surface area contributed by atoms with Gasteiger partial charge in [-0.25, -0.2) is 0 Å². The summed E-state index contributed by atoms with van der Waals surface area (Å²) in [5.74, 6) is 1.45. The Kier molecular flexibility index (Phi) is 6.06. The van der Waals surface area contributed by atoms with Crippen molar-refractivity contribution in [3.05, 3.63) is 46.1 Å². The van der Waals surface area contributed by atoms with E-state index in [1.165, 1.54) is 11.8 Å². The van der Waals surface area contributed by atoms with E-state index >= 15 is 0 Å². The molecule has 27 heavy (non-hydrogen) atoms. The molecule has 2 heterocycles. The number of nitrogens with one attached hydrogen (secondary N) is 1. The second kappa shape index (κ2) is 8.31. The highest BCUT2D eigenvalue weighted by Crippen LogP contribution is 2.30. The van der Waals surface area contributed by atoms with Crippen LogP contribution in [0.2, 0.25) is 0 Å². The first-order chi connectivity index (χ1) is 12.8.